The predicted octanol–water partition coefficient (Wildman–Crippen LogP) is -0.661. The molecule has 158 valence electrons. The first-order valence-electron chi connectivity index (χ1n) is 9.85. The van der Waals surface area contributed by atoms with Crippen LogP contribution in [0.5, 0.6) is 0 Å². The molecule has 0 radical (unpaired) electrons. The number of hydrogen-bond acceptors (Lipinski definition) is 7. The molecule has 3 amide bonds. The van der Waals surface area contributed by atoms with Crippen LogP contribution in [0.1, 0.15) is 39.5 Å². The number of fused-ring (bicyclic) bond motifs is 1. The maximum atomic E-state index is 13.1. The van der Waals surface area contributed by atoms with Crippen molar-refractivity contribution in [2.45, 2.75) is 68.6 Å². The number of piperidine rings is 1. The number of carbonyl (C=O) groups excluding carboxylic acids is 2. The number of hydroxylamine groups is 1. The van der Waals surface area contributed by atoms with E-state index in [1.807, 2.05) is 13.8 Å². The van der Waals surface area contributed by atoms with Crippen molar-refractivity contribution in [1.29, 1.82) is 0 Å². The van der Waals surface area contributed by atoms with Crippen LogP contribution in [0.15, 0.2) is 0 Å². The molecule has 0 bridgehead atoms. The first kappa shape index (κ1) is 20.0. The van der Waals surface area contributed by atoms with Gasteiger partial charge in [0, 0.05) is 25.2 Å². The summed E-state index contributed by atoms with van der Waals surface area (Å²) in [5, 5.41) is 2.40. The third-order valence-corrected chi connectivity index (χ3v) is 8.27. The van der Waals surface area contributed by atoms with Gasteiger partial charge in [-0.25, -0.2) is 17.9 Å². The lowest BCUT2D eigenvalue weighted by atomic mass is 9.91. The largest absolute Gasteiger partial charge is 0.327 e. The molecule has 4 aliphatic rings. The molecule has 3 aliphatic heterocycles. The third kappa shape index (κ3) is 3.65. The van der Waals surface area contributed by atoms with E-state index in [0.717, 1.165) is 12.8 Å². The Morgan fingerprint density at radius 2 is 2.00 bits per heavy atom. The highest BCUT2D eigenvalue weighted by Crippen LogP contribution is 2.37. The number of hydrogen-bond donors (Lipinski definition) is 3. The second-order valence-electron chi connectivity index (χ2n) is 8.86. The van der Waals surface area contributed by atoms with Crippen molar-refractivity contribution < 1.29 is 22.8 Å². The number of rotatable bonds is 5. The minimum Gasteiger partial charge on any atom is -0.311 e. The number of imide groups is 1. The van der Waals surface area contributed by atoms with E-state index < -0.39 is 27.4 Å². The standard InChI is InChI=1S/C17H29N5O5S/c1-10-6-11(27-19-10)9-22-15(23)13-7-12(8-18-14(13)21(3)16(22)24)28(25,26)20-17(2)4-5-17/h10-14,18-20H,4-9H2,1-3H3. The number of amides is 3. The van der Waals surface area contributed by atoms with Crippen molar-refractivity contribution in [3.05, 3.63) is 0 Å². The lowest BCUT2D eigenvalue weighted by Crippen LogP contribution is -2.69. The van der Waals surface area contributed by atoms with Gasteiger partial charge in [0.2, 0.25) is 15.9 Å². The number of carbonyl (C=O) groups is 2. The quantitative estimate of drug-likeness (QED) is 0.545. The molecule has 3 saturated heterocycles. The van der Waals surface area contributed by atoms with Crippen LogP contribution in [-0.2, 0) is 19.7 Å². The van der Waals surface area contributed by atoms with Gasteiger partial charge in [-0.2, -0.15) is 5.48 Å². The Labute approximate surface area is 165 Å². The van der Waals surface area contributed by atoms with E-state index in [4.69, 9.17) is 4.84 Å². The molecule has 3 N–H and O–H groups in total. The van der Waals surface area contributed by atoms with E-state index >= 15 is 0 Å². The molecule has 0 spiro atoms. The topological polar surface area (TPSA) is 120 Å². The third-order valence-electron chi connectivity index (χ3n) is 6.25. The van der Waals surface area contributed by atoms with E-state index in [2.05, 4.69) is 15.5 Å². The molecular weight excluding hydrogens is 386 g/mol. The van der Waals surface area contributed by atoms with Crippen LogP contribution in [0.2, 0.25) is 0 Å². The van der Waals surface area contributed by atoms with Gasteiger partial charge in [-0.1, -0.05) is 0 Å². The van der Waals surface area contributed by atoms with Gasteiger partial charge in [0.1, 0.15) is 0 Å². The molecular formula is C17H29N5O5S. The zero-order valence-corrected chi connectivity index (χ0v) is 17.3. The van der Waals surface area contributed by atoms with E-state index in [0.29, 0.717) is 6.42 Å². The molecule has 4 rings (SSSR count). The molecule has 28 heavy (non-hydrogen) atoms. The Kier molecular flexibility index (Phi) is 4.94. The van der Waals surface area contributed by atoms with E-state index in [-0.39, 0.29) is 49.1 Å². The van der Waals surface area contributed by atoms with Crippen molar-refractivity contribution in [3.8, 4) is 0 Å². The summed E-state index contributed by atoms with van der Waals surface area (Å²) >= 11 is 0. The highest BCUT2D eigenvalue weighted by molar-refractivity contribution is 7.90. The minimum absolute atomic E-state index is 0.159. The molecule has 0 aromatic rings. The van der Waals surface area contributed by atoms with Crippen LogP contribution < -0.4 is 15.5 Å². The molecule has 10 nitrogen and oxygen atoms in total. The van der Waals surface area contributed by atoms with E-state index in [1.165, 1.54) is 9.80 Å². The lowest BCUT2D eigenvalue weighted by Gasteiger charge is -2.47. The smallest absolute Gasteiger partial charge is 0.311 e. The second kappa shape index (κ2) is 6.91. The predicted molar refractivity (Wildman–Crippen MR) is 100 cm³/mol. The molecule has 0 aromatic heterocycles. The molecule has 5 unspecified atom stereocenters. The summed E-state index contributed by atoms with van der Waals surface area (Å²) < 4.78 is 28.3. The van der Waals surface area contributed by atoms with Crippen LogP contribution >= 0.6 is 0 Å². The normalized spacial score (nSPS) is 37.9. The zero-order chi connectivity index (χ0) is 20.3. The molecule has 0 aromatic carbocycles. The fraction of sp³-hybridized carbons (Fsp3) is 0.882. The minimum atomic E-state index is -3.55. The Balaban J connectivity index is 1.49. The van der Waals surface area contributed by atoms with Gasteiger partial charge in [-0.05, 0) is 39.5 Å². The number of nitrogens with zero attached hydrogens (tertiary/aromatic N) is 2. The summed E-state index contributed by atoms with van der Waals surface area (Å²) in [6, 6.07) is -0.224. The van der Waals surface area contributed by atoms with Gasteiger partial charge in [-0.3, -0.25) is 19.8 Å². The molecule has 1 aliphatic carbocycles. The molecule has 5 atom stereocenters. The van der Waals surface area contributed by atoms with Crippen LogP contribution in [0.4, 0.5) is 4.79 Å². The van der Waals surface area contributed by atoms with E-state index in [9.17, 15) is 18.0 Å². The van der Waals surface area contributed by atoms with Crippen LogP contribution in [0, 0.1) is 5.92 Å². The zero-order valence-electron chi connectivity index (χ0n) is 16.5. The van der Waals surface area contributed by atoms with Crippen molar-refractivity contribution in [1.82, 2.24) is 25.3 Å². The maximum absolute atomic E-state index is 13.1. The Hall–Kier alpha value is -1.27. The van der Waals surface area contributed by atoms with Gasteiger partial charge in [0.05, 0.1) is 30.0 Å². The molecule has 11 heteroatoms. The first-order chi connectivity index (χ1) is 13.1. The summed E-state index contributed by atoms with van der Waals surface area (Å²) in [7, 11) is -1.91. The monoisotopic (exact) mass is 415 g/mol. The highest BCUT2D eigenvalue weighted by Gasteiger charge is 2.51. The fourth-order valence-electron chi connectivity index (χ4n) is 4.28. The van der Waals surface area contributed by atoms with Crippen molar-refractivity contribution >= 4 is 22.0 Å². The van der Waals surface area contributed by atoms with Crippen LogP contribution in [-0.4, -0.2) is 79.4 Å². The van der Waals surface area contributed by atoms with Gasteiger partial charge in [0.15, 0.2) is 0 Å². The summed E-state index contributed by atoms with van der Waals surface area (Å²) in [5.41, 5.74) is 2.50. The highest BCUT2D eigenvalue weighted by atomic mass is 32.2. The molecule has 3 heterocycles. The summed E-state index contributed by atoms with van der Waals surface area (Å²) in [5.74, 6) is -0.932. The van der Waals surface area contributed by atoms with Gasteiger partial charge in [-0.15, -0.1) is 0 Å². The van der Waals surface area contributed by atoms with Gasteiger partial charge < -0.3 is 4.90 Å². The summed E-state index contributed by atoms with van der Waals surface area (Å²) in [6.07, 6.45) is 1.80. The fourth-order valence-corrected chi connectivity index (χ4v) is 6.11. The lowest BCUT2D eigenvalue weighted by molar-refractivity contribution is -0.142. The average Bonchev–Trinajstić information content (AvgIpc) is 3.20. The average molecular weight is 416 g/mol. The molecule has 4 fully saturated rings. The second-order valence-corrected chi connectivity index (χ2v) is 10.8. The Morgan fingerprint density at radius 3 is 2.61 bits per heavy atom. The van der Waals surface area contributed by atoms with Crippen molar-refractivity contribution in [2.24, 2.45) is 5.92 Å². The summed E-state index contributed by atoms with van der Waals surface area (Å²) in [4.78, 5) is 34.0. The SMILES string of the molecule is CC1CC(CN2C(=O)C3CC(S(=O)(=O)NC4(C)CC4)CNC3N(C)C2=O)ON1. The number of sulfonamides is 1. The van der Waals surface area contributed by atoms with Crippen LogP contribution in [0.3, 0.4) is 0 Å². The summed E-state index contributed by atoms with van der Waals surface area (Å²) in [6.45, 7) is 4.23. The van der Waals surface area contributed by atoms with Gasteiger partial charge >= 0.3 is 6.03 Å². The number of urea groups is 1. The molecule has 1 saturated carbocycles. The van der Waals surface area contributed by atoms with Gasteiger partial charge in [0.25, 0.3) is 0 Å². The van der Waals surface area contributed by atoms with E-state index in [1.54, 1.807) is 7.05 Å². The Bertz CT molecular complexity index is 770. The Morgan fingerprint density at radius 1 is 1.29 bits per heavy atom. The number of nitrogens with one attached hydrogen (secondary N) is 3. The first-order valence-corrected chi connectivity index (χ1v) is 11.4. The van der Waals surface area contributed by atoms with Crippen LogP contribution in [0.25, 0.3) is 0 Å². The van der Waals surface area contributed by atoms with Crippen molar-refractivity contribution in [3.63, 3.8) is 0 Å². The maximum Gasteiger partial charge on any atom is 0.327 e. The van der Waals surface area contributed by atoms with Crippen molar-refractivity contribution in [2.75, 3.05) is 20.1 Å².